The lowest BCUT2D eigenvalue weighted by Gasteiger charge is -2.31. The quantitative estimate of drug-likeness (QED) is 0.923. The zero-order chi connectivity index (χ0) is 16.7. The van der Waals surface area contributed by atoms with E-state index < -0.39 is 5.82 Å². The molecule has 2 aliphatic rings. The number of nitrogens with one attached hydrogen (secondary N) is 1. The minimum absolute atomic E-state index is 0.0301. The van der Waals surface area contributed by atoms with Crippen LogP contribution in [0, 0.1) is 5.82 Å². The summed E-state index contributed by atoms with van der Waals surface area (Å²) in [6.07, 6.45) is 4.22. The van der Waals surface area contributed by atoms with Crippen LogP contribution >= 0.6 is 11.6 Å². The molecular weight excluding hydrogens is 331 g/mol. The number of carbonyl (C=O) groups excluding carboxylic acids is 1. The maximum absolute atomic E-state index is 13.3. The van der Waals surface area contributed by atoms with Crippen LogP contribution in [0.4, 0.5) is 4.39 Å². The maximum Gasteiger partial charge on any atom is 0.253 e. The molecular formula is C17H18ClFN4O. The Morgan fingerprint density at radius 2 is 2.12 bits per heavy atom. The number of H-pyrrole nitrogens is 1. The number of aromatic amines is 1. The van der Waals surface area contributed by atoms with Gasteiger partial charge in [0.15, 0.2) is 5.82 Å². The number of carbonyl (C=O) groups is 1. The van der Waals surface area contributed by atoms with Crippen molar-refractivity contribution in [3.8, 4) is 0 Å². The summed E-state index contributed by atoms with van der Waals surface area (Å²) < 4.78 is 13.3. The molecule has 1 N–H and O–H groups in total. The number of piperidine rings is 1. The molecule has 4 rings (SSSR count). The average Bonchev–Trinajstić information content (AvgIpc) is 3.34. The van der Waals surface area contributed by atoms with Crippen LogP contribution < -0.4 is 0 Å². The number of likely N-dealkylation sites (tertiary alicyclic amines) is 1. The molecule has 24 heavy (non-hydrogen) atoms. The summed E-state index contributed by atoms with van der Waals surface area (Å²) in [6.45, 7) is 1.26. The minimum atomic E-state index is -0.516. The second kappa shape index (κ2) is 6.16. The zero-order valence-corrected chi connectivity index (χ0v) is 13.9. The van der Waals surface area contributed by atoms with Crippen molar-refractivity contribution in [3.05, 3.63) is 46.3 Å². The molecule has 1 aliphatic heterocycles. The predicted octanol–water partition coefficient (Wildman–Crippen LogP) is 3.49. The average molecular weight is 349 g/mol. The Labute approximate surface area is 144 Å². The summed E-state index contributed by atoms with van der Waals surface area (Å²) in [5.41, 5.74) is 0.413. The van der Waals surface area contributed by atoms with Gasteiger partial charge in [-0.15, -0.1) is 0 Å². The van der Waals surface area contributed by atoms with E-state index >= 15 is 0 Å². The topological polar surface area (TPSA) is 61.9 Å². The molecule has 1 aromatic carbocycles. The van der Waals surface area contributed by atoms with Crippen molar-refractivity contribution in [1.82, 2.24) is 20.1 Å². The van der Waals surface area contributed by atoms with Gasteiger partial charge in [-0.1, -0.05) is 11.6 Å². The van der Waals surface area contributed by atoms with Gasteiger partial charge in [-0.3, -0.25) is 9.89 Å². The third kappa shape index (κ3) is 3.02. The highest BCUT2D eigenvalue weighted by atomic mass is 35.5. The molecule has 126 valence electrons. The van der Waals surface area contributed by atoms with Crippen molar-refractivity contribution >= 4 is 17.5 Å². The molecule has 2 fully saturated rings. The number of halogens is 2. The molecule has 1 aromatic heterocycles. The maximum atomic E-state index is 13.3. The van der Waals surface area contributed by atoms with Crippen LogP contribution in [-0.4, -0.2) is 39.1 Å². The van der Waals surface area contributed by atoms with E-state index in [1.54, 1.807) is 4.90 Å². The largest absolute Gasteiger partial charge is 0.338 e. The lowest BCUT2D eigenvalue weighted by molar-refractivity contribution is 0.0704. The fourth-order valence-electron chi connectivity index (χ4n) is 3.19. The normalized spacial score (nSPS) is 21.1. The van der Waals surface area contributed by atoms with Gasteiger partial charge in [0.25, 0.3) is 5.91 Å². The second-order valence-electron chi connectivity index (χ2n) is 6.57. The lowest BCUT2D eigenvalue weighted by Crippen LogP contribution is -2.39. The van der Waals surface area contributed by atoms with Crippen LogP contribution in [0.15, 0.2) is 18.2 Å². The molecule has 0 spiro atoms. The van der Waals surface area contributed by atoms with E-state index in [1.807, 2.05) is 0 Å². The molecule has 1 atom stereocenters. The Bertz CT molecular complexity index is 774. The Morgan fingerprint density at radius 1 is 1.29 bits per heavy atom. The summed E-state index contributed by atoms with van der Waals surface area (Å²) in [6, 6.07) is 4.10. The first kappa shape index (κ1) is 15.6. The summed E-state index contributed by atoms with van der Waals surface area (Å²) >= 11 is 5.79. The molecule has 1 aliphatic carbocycles. The van der Waals surface area contributed by atoms with Gasteiger partial charge in [-0.25, -0.2) is 9.37 Å². The third-order valence-corrected chi connectivity index (χ3v) is 5.01. The van der Waals surface area contributed by atoms with Crippen molar-refractivity contribution in [2.45, 2.75) is 37.5 Å². The lowest BCUT2D eigenvalue weighted by atomic mass is 9.96. The Kier molecular flexibility index (Phi) is 4.00. The van der Waals surface area contributed by atoms with Crippen LogP contribution in [0.2, 0.25) is 5.02 Å². The molecule has 0 unspecified atom stereocenters. The molecule has 1 saturated carbocycles. The number of benzene rings is 1. The van der Waals surface area contributed by atoms with Gasteiger partial charge in [0.1, 0.15) is 11.6 Å². The van der Waals surface area contributed by atoms with Crippen molar-refractivity contribution < 1.29 is 9.18 Å². The monoisotopic (exact) mass is 348 g/mol. The second-order valence-corrected chi connectivity index (χ2v) is 6.98. The number of aromatic nitrogens is 3. The van der Waals surface area contributed by atoms with Gasteiger partial charge < -0.3 is 4.90 Å². The van der Waals surface area contributed by atoms with Crippen molar-refractivity contribution in [2.75, 3.05) is 13.1 Å². The van der Waals surface area contributed by atoms with Gasteiger partial charge in [0.05, 0.1) is 5.02 Å². The van der Waals surface area contributed by atoms with Gasteiger partial charge in [0, 0.05) is 30.5 Å². The summed E-state index contributed by atoms with van der Waals surface area (Å²) in [7, 11) is 0. The van der Waals surface area contributed by atoms with Crippen molar-refractivity contribution in [1.29, 1.82) is 0 Å². The van der Waals surface area contributed by atoms with E-state index in [0.717, 1.165) is 24.5 Å². The van der Waals surface area contributed by atoms with Crippen molar-refractivity contribution in [3.63, 3.8) is 0 Å². The van der Waals surface area contributed by atoms with E-state index in [2.05, 4.69) is 15.2 Å². The predicted molar refractivity (Wildman–Crippen MR) is 87.6 cm³/mol. The number of hydrogen-bond acceptors (Lipinski definition) is 3. The summed E-state index contributed by atoms with van der Waals surface area (Å²) in [5, 5.41) is 7.35. The SMILES string of the molecule is O=C(c1ccc(F)c(Cl)c1)N1CCC[C@@H](c2n[nH]c(C3CC3)n2)C1. The number of rotatable bonds is 3. The molecule has 1 amide bonds. The minimum Gasteiger partial charge on any atom is -0.338 e. The van der Waals surface area contributed by atoms with E-state index in [0.29, 0.717) is 24.6 Å². The van der Waals surface area contributed by atoms with Gasteiger partial charge >= 0.3 is 0 Å². The van der Waals surface area contributed by atoms with E-state index in [9.17, 15) is 9.18 Å². The van der Waals surface area contributed by atoms with Crippen LogP contribution in [0.25, 0.3) is 0 Å². The Morgan fingerprint density at radius 3 is 2.88 bits per heavy atom. The van der Waals surface area contributed by atoms with Crippen LogP contribution in [-0.2, 0) is 0 Å². The molecule has 1 saturated heterocycles. The van der Waals surface area contributed by atoms with Crippen LogP contribution in [0.5, 0.6) is 0 Å². The van der Waals surface area contributed by atoms with Crippen LogP contribution in [0.1, 0.15) is 59.5 Å². The highest BCUT2D eigenvalue weighted by Crippen LogP contribution is 2.38. The third-order valence-electron chi connectivity index (χ3n) is 4.72. The standard InChI is InChI=1S/C17H18ClFN4O/c18-13-8-11(5-6-14(13)19)17(24)23-7-1-2-12(9-23)16-20-15(21-22-16)10-3-4-10/h5-6,8,10,12H,1-4,7,9H2,(H,20,21,22)/t12-/m1/s1. The smallest absolute Gasteiger partial charge is 0.253 e. The first-order valence-corrected chi connectivity index (χ1v) is 8.66. The summed E-state index contributed by atoms with van der Waals surface area (Å²) in [4.78, 5) is 19.1. The highest BCUT2D eigenvalue weighted by Gasteiger charge is 2.31. The summed E-state index contributed by atoms with van der Waals surface area (Å²) in [5.74, 6) is 1.80. The molecule has 2 heterocycles. The van der Waals surface area contributed by atoms with Gasteiger partial charge in [-0.05, 0) is 43.9 Å². The van der Waals surface area contributed by atoms with Crippen molar-refractivity contribution in [2.24, 2.45) is 0 Å². The first-order chi connectivity index (χ1) is 11.6. The van der Waals surface area contributed by atoms with Crippen LogP contribution in [0.3, 0.4) is 0 Å². The van der Waals surface area contributed by atoms with Gasteiger partial charge in [-0.2, -0.15) is 5.10 Å². The van der Waals surface area contributed by atoms with E-state index in [4.69, 9.17) is 11.6 Å². The molecule has 0 bridgehead atoms. The molecule has 5 nitrogen and oxygen atoms in total. The van der Waals surface area contributed by atoms with E-state index in [1.165, 1.54) is 31.0 Å². The zero-order valence-electron chi connectivity index (χ0n) is 13.1. The number of nitrogens with zero attached hydrogens (tertiary/aromatic N) is 3. The Hall–Kier alpha value is -1.95. The van der Waals surface area contributed by atoms with Gasteiger partial charge in [0.2, 0.25) is 0 Å². The first-order valence-electron chi connectivity index (χ1n) is 8.28. The Balaban J connectivity index is 1.48. The highest BCUT2D eigenvalue weighted by molar-refractivity contribution is 6.31. The molecule has 0 radical (unpaired) electrons. The van der Waals surface area contributed by atoms with E-state index in [-0.39, 0.29) is 16.8 Å². The molecule has 7 heteroatoms. The fourth-order valence-corrected chi connectivity index (χ4v) is 3.37. The number of amides is 1. The number of hydrogen-bond donors (Lipinski definition) is 1. The molecule has 2 aromatic rings. The fraction of sp³-hybridized carbons (Fsp3) is 0.471.